The Kier molecular flexibility index (Phi) is 17.4. The van der Waals surface area contributed by atoms with E-state index in [4.69, 9.17) is 43.0 Å². The summed E-state index contributed by atoms with van der Waals surface area (Å²) in [6.07, 6.45) is -4.54. The molecule has 2 saturated heterocycles. The van der Waals surface area contributed by atoms with Gasteiger partial charge < -0.3 is 53.2 Å². The maximum Gasteiger partial charge on any atom is 0.306 e. The van der Waals surface area contributed by atoms with Gasteiger partial charge in [0.2, 0.25) is 0 Å². The van der Waals surface area contributed by atoms with E-state index in [1.54, 1.807) is 0 Å². The number of carboxylic acids is 1. The zero-order valence-electron chi connectivity index (χ0n) is 26.9. The van der Waals surface area contributed by atoms with Gasteiger partial charge in [-0.25, -0.2) is 0 Å². The van der Waals surface area contributed by atoms with Crippen LogP contribution in [0.1, 0.15) is 69.6 Å². The lowest BCUT2D eigenvalue weighted by Crippen LogP contribution is -2.25. The van der Waals surface area contributed by atoms with Crippen molar-refractivity contribution in [1.29, 1.82) is 0 Å². The highest BCUT2D eigenvalue weighted by Crippen LogP contribution is 2.20. The number of benzene rings is 1. The molecule has 0 amide bonds. The Morgan fingerprint density at radius 2 is 1.10 bits per heavy atom. The second kappa shape index (κ2) is 21.4. The summed E-state index contributed by atoms with van der Waals surface area (Å²) in [5.41, 5.74) is -0.322. The highest BCUT2D eigenvalue weighted by atomic mass is 16.7. The number of carbonyl (C=O) groups is 6. The first kappa shape index (κ1) is 39.8. The summed E-state index contributed by atoms with van der Waals surface area (Å²) >= 11 is 0. The third-order valence-electron chi connectivity index (χ3n) is 6.86. The highest BCUT2D eigenvalue weighted by molar-refractivity contribution is 6.11. The zero-order valence-corrected chi connectivity index (χ0v) is 26.9. The molecule has 0 aliphatic carbocycles. The van der Waals surface area contributed by atoms with Crippen LogP contribution in [-0.2, 0) is 52.3 Å². The summed E-state index contributed by atoms with van der Waals surface area (Å²) in [4.78, 5) is 74.2. The van der Waals surface area contributed by atoms with Crippen LogP contribution < -0.4 is 0 Å². The van der Waals surface area contributed by atoms with Crippen LogP contribution in [0.4, 0.5) is 0 Å². The number of Topliss-reactive ketones (excluding diaryl/α,β-unsaturated/α-hetero) is 3. The van der Waals surface area contributed by atoms with Crippen molar-refractivity contribution in [2.24, 2.45) is 0 Å². The molecule has 0 spiro atoms. The molecular weight excluding hydrogens is 656 g/mol. The van der Waals surface area contributed by atoms with Crippen LogP contribution >= 0.6 is 0 Å². The van der Waals surface area contributed by atoms with E-state index in [0.717, 1.165) is 6.07 Å². The van der Waals surface area contributed by atoms with Crippen LogP contribution in [0.5, 0.6) is 0 Å². The van der Waals surface area contributed by atoms with E-state index >= 15 is 0 Å². The first-order chi connectivity index (χ1) is 23.5. The molecule has 0 bridgehead atoms. The monoisotopic (exact) mass is 698 g/mol. The molecule has 49 heavy (non-hydrogen) atoms. The average molecular weight is 699 g/mol. The fraction of sp³-hybridized carbons (Fsp3) is 0.625. The number of rotatable bonds is 28. The summed E-state index contributed by atoms with van der Waals surface area (Å²) in [6.45, 7) is 0.740. The maximum absolute atomic E-state index is 13.2. The molecule has 4 atom stereocenters. The van der Waals surface area contributed by atoms with E-state index in [2.05, 4.69) is 0 Å². The quantitative estimate of drug-likeness (QED) is 0.0349. The average Bonchev–Trinajstić information content (AvgIpc) is 4.02. The number of carboxylic acid groups (broad SMARTS) is 1. The van der Waals surface area contributed by atoms with E-state index in [0.29, 0.717) is 26.4 Å². The normalized spacial score (nSPS) is 17.5. The van der Waals surface area contributed by atoms with Gasteiger partial charge in [0.1, 0.15) is 51.2 Å². The van der Waals surface area contributed by atoms with Crippen LogP contribution in [0.25, 0.3) is 0 Å². The van der Waals surface area contributed by atoms with E-state index in [1.807, 2.05) is 0 Å². The lowest BCUT2D eigenvalue weighted by Gasteiger charge is -2.13. The number of carbonyl (C=O) groups excluding carboxylic acids is 5. The molecule has 2 aliphatic heterocycles. The Labute approximate surface area is 281 Å². The first-order valence-electron chi connectivity index (χ1n) is 15.7. The lowest BCUT2D eigenvalue weighted by molar-refractivity contribution is -0.150. The largest absolute Gasteiger partial charge is 0.481 e. The Hall–Kier alpha value is -3.68. The second-order valence-electron chi connectivity index (χ2n) is 11.2. The molecule has 2 aliphatic rings. The second-order valence-corrected chi connectivity index (χ2v) is 11.2. The van der Waals surface area contributed by atoms with Gasteiger partial charge in [0.05, 0.1) is 58.9 Å². The first-order valence-corrected chi connectivity index (χ1v) is 15.7. The predicted molar refractivity (Wildman–Crippen MR) is 162 cm³/mol. The number of aliphatic hydroxyl groups excluding tert-OH is 2. The number of ketones is 3. The number of aliphatic carboxylic acids is 1. The topological polar surface area (TPSA) is 244 Å². The van der Waals surface area contributed by atoms with Crippen LogP contribution in [-0.4, -0.2) is 141 Å². The Morgan fingerprint density at radius 3 is 1.57 bits per heavy atom. The van der Waals surface area contributed by atoms with Crippen molar-refractivity contribution in [3.8, 4) is 0 Å². The summed E-state index contributed by atoms with van der Waals surface area (Å²) in [5.74, 6) is -4.70. The molecule has 0 aromatic heterocycles. The van der Waals surface area contributed by atoms with Crippen molar-refractivity contribution >= 4 is 35.3 Å². The summed E-state index contributed by atoms with van der Waals surface area (Å²) in [6, 6.07) is 3.65. The van der Waals surface area contributed by atoms with Crippen molar-refractivity contribution in [3.05, 3.63) is 34.9 Å². The van der Waals surface area contributed by atoms with Crippen molar-refractivity contribution in [3.63, 3.8) is 0 Å². The fourth-order valence-corrected chi connectivity index (χ4v) is 4.05. The number of hydrogen-bond acceptors (Lipinski definition) is 16. The molecule has 4 unspecified atom stereocenters. The molecule has 1 aromatic carbocycles. The molecule has 2 fully saturated rings. The summed E-state index contributed by atoms with van der Waals surface area (Å²) in [7, 11) is 0. The molecule has 17 nitrogen and oxygen atoms in total. The van der Waals surface area contributed by atoms with E-state index in [9.17, 15) is 39.0 Å². The van der Waals surface area contributed by atoms with Crippen molar-refractivity contribution in [1.82, 2.24) is 0 Å². The molecule has 1 aromatic rings. The van der Waals surface area contributed by atoms with Gasteiger partial charge in [-0.05, 0) is 12.1 Å². The Morgan fingerprint density at radius 1 is 0.633 bits per heavy atom. The van der Waals surface area contributed by atoms with E-state index in [1.165, 1.54) is 12.1 Å². The summed E-state index contributed by atoms with van der Waals surface area (Å²) in [5, 5.41) is 28.8. The number of hydrogen-bond donors (Lipinski definition) is 3. The minimum atomic E-state index is -1.19. The third kappa shape index (κ3) is 17.0. The number of epoxide rings is 2. The van der Waals surface area contributed by atoms with Crippen molar-refractivity contribution in [2.45, 2.75) is 62.9 Å². The van der Waals surface area contributed by atoms with Gasteiger partial charge in [0.15, 0.2) is 17.3 Å². The SMILES string of the molecule is O=C(O)CCC(=O)c1ccc(C(=O)CCC(=O)OCC(O)COCOCC2CO2)c(C(=O)CCC(=O)OCC(O)COCOCC2CO2)c1. The molecule has 3 N–H and O–H groups in total. The standard InChI is InChI=1S/C32H42O17/c33-21(10-42-18-44-14-23-16-46-23)12-48-31(40)7-4-28(36)25-2-1-20(27(35)3-6-30(38)39)9-26(25)29(37)5-8-32(41)49-13-22(34)11-43-19-45-15-24-17-47-24/h1-2,9,21-24,33-34H,3-8,10-19H2,(H,38,39). The van der Waals surface area contributed by atoms with Crippen molar-refractivity contribution in [2.75, 3.05) is 66.4 Å². The molecule has 0 radical (unpaired) electrons. The Balaban J connectivity index is 1.47. The minimum Gasteiger partial charge on any atom is -0.481 e. The van der Waals surface area contributed by atoms with Crippen molar-refractivity contribution < 1.29 is 82.0 Å². The lowest BCUT2D eigenvalue weighted by atomic mass is 9.92. The van der Waals surface area contributed by atoms with Gasteiger partial charge in [-0.1, -0.05) is 6.07 Å². The van der Waals surface area contributed by atoms with Gasteiger partial charge in [-0.15, -0.1) is 0 Å². The molecule has 3 rings (SSSR count). The van der Waals surface area contributed by atoms with Gasteiger partial charge >= 0.3 is 17.9 Å². The number of aliphatic hydroxyl groups is 2. The smallest absolute Gasteiger partial charge is 0.306 e. The van der Waals surface area contributed by atoms with Crippen LogP contribution in [0.3, 0.4) is 0 Å². The highest BCUT2D eigenvalue weighted by Gasteiger charge is 2.24. The third-order valence-corrected chi connectivity index (χ3v) is 6.86. The Bertz CT molecular complexity index is 1270. The van der Waals surface area contributed by atoms with E-state index in [-0.39, 0.29) is 81.6 Å². The van der Waals surface area contributed by atoms with Gasteiger partial charge in [0.25, 0.3) is 0 Å². The molecular formula is C32H42O17. The maximum atomic E-state index is 13.2. The van der Waals surface area contributed by atoms with Crippen LogP contribution in [0, 0.1) is 0 Å². The minimum absolute atomic E-state index is 0.0117. The van der Waals surface area contributed by atoms with Crippen LogP contribution in [0.15, 0.2) is 18.2 Å². The molecule has 0 saturated carbocycles. The van der Waals surface area contributed by atoms with E-state index < -0.39 is 73.3 Å². The predicted octanol–water partition coefficient (Wildman–Crippen LogP) is 0.247. The van der Waals surface area contributed by atoms with Crippen LogP contribution in [0.2, 0.25) is 0 Å². The number of ether oxygens (including phenoxy) is 8. The van der Waals surface area contributed by atoms with Gasteiger partial charge in [-0.3, -0.25) is 28.8 Å². The molecule has 2 heterocycles. The fourth-order valence-electron chi connectivity index (χ4n) is 4.05. The zero-order chi connectivity index (χ0) is 35.6. The number of esters is 2. The van der Waals surface area contributed by atoms with Gasteiger partial charge in [-0.2, -0.15) is 0 Å². The summed E-state index contributed by atoms with van der Waals surface area (Å²) < 4.78 is 40.5. The molecule has 17 heteroatoms. The molecule has 272 valence electrons. The van der Waals surface area contributed by atoms with Gasteiger partial charge in [0, 0.05) is 36.0 Å².